The van der Waals surface area contributed by atoms with Crippen LogP contribution in [0.3, 0.4) is 0 Å². The van der Waals surface area contributed by atoms with Crippen molar-refractivity contribution in [2.45, 2.75) is 65.0 Å². The van der Waals surface area contributed by atoms with Gasteiger partial charge < -0.3 is 29.6 Å². The molecule has 2 fully saturated rings. The normalized spacial score (nSPS) is 25.1. The number of hydrogen-bond donors (Lipinski definition) is 2. The van der Waals surface area contributed by atoms with Crippen LogP contribution in [0.5, 0.6) is 0 Å². The van der Waals surface area contributed by atoms with Crippen molar-refractivity contribution in [1.29, 1.82) is 0 Å². The third kappa shape index (κ3) is 6.94. The summed E-state index contributed by atoms with van der Waals surface area (Å²) in [6, 6.07) is 0. The lowest BCUT2D eigenvalue weighted by Crippen LogP contribution is -2.37. The molecule has 0 radical (unpaired) electrons. The molecule has 10 heteroatoms. The van der Waals surface area contributed by atoms with E-state index in [1.54, 1.807) is 27.7 Å². The van der Waals surface area contributed by atoms with Gasteiger partial charge in [0, 0.05) is 24.9 Å². The summed E-state index contributed by atoms with van der Waals surface area (Å²) in [5.41, 5.74) is 0. The Kier molecular flexibility index (Phi) is 9.04. The molecule has 0 saturated carbocycles. The Hall–Kier alpha value is -2.20. The first-order chi connectivity index (χ1) is 14.2. The number of carbonyl (C=O) groups excluding carboxylic acids is 4. The molecule has 2 amide bonds. The number of fused-ring (bicyclic) bond motifs is 1. The maximum absolute atomic E-state index is 12.0. The Balaban J connectivity index is 1.69. The molecule has 4 unspecified atom stereocenters. The van der Waals surface area contributed by atoms with Gasteiger partial charge in [0.05, 0.1) is 26.1 Å². The van der Waals surface area contributed by atoms with E-state index in [-0.39, 0.29) is 62.8 Å². The van der Waals surface area contributed by atoms with Gasteiger partial charge in [0.15, 0.2) is 12.2 Å². The third-order valence-corrected chi connectivity index (χ3v) is 4.83. The molecule has 30 heavy (non-hydrogen) atoms. The minimum atomic E-state index is -0.586. The van der Waals surface area contributed by atoms with Crippen molar-refractivity contribution < 1.29 is 38.1 Å². The fourth-order valence-electron chi connectivity index (χ4n) is 3.07. The molecule has 0 aromatic carbocycles. The summed E-state index contributed by atoms with van der Waals surface area (Å²) < 4.78 is 22.1. The zero-order valence-corrected chi connectivity index (χ0v) is 18.0. The van der Waals surface area contributed by atoms with E-state index in [1.165, 1.54) is 0 Å². The van der Waals surface area contributed by atoms with Crippen molar-refractivity contribution in [3.8, 4) is 0 Å². The Morgan fingerprint density at radius 1 is 0.767 bits per heavy atom. The first-order valence-corrected chi connectivity index (χ1v) is 10.4. The lowest BCUT2D eigenvalue weighted by atomic mass is 10.1. The Bertz CT molecular complexity index is 582. The monoisotopic (exact) mass is 428 g/mol. The number of ether oxygens (including phenoxy) is 4. The second-order valence-electron chi connectivity index (χ2n) is 8.04. The van der Waals surface area contributed by atoms with Crippen molar-refractivity contribution in [3.63, 3.8) is 0 Å². The van der Waals surface area contributed by atoms with Gasteiger partial charge in [0.25, 0.3) is 0 Å². The van der Waals surface area contributed by atoms with E-state index in [2.05, 4.69) is 10.6 Å². The van der Waals surface area contributed by atoms with Crippen LogP contribution in [0.15, 0.2) is 0 Å². The second kappa shape index (κ2) is 11.3. The molecule has 2 aliphatic heterocycles. The van der Waals surface area contributed by atoms with E-state index in [0.717, 1.165) is 0 Å². The molecule has 0 aromatic heterocycles. The quantitative estimate of drug-likeness (QED) is 0.463. The minimum Gasteiger partial charge on any atom is -0.457 e. The molecule has 0 aliphatic carbocycles. The average Bonchev–Trinajstić information content (AvgIpc) is 3.25. The molecule has 0 spiro atoms. The SMILES string of the molecule is CC(C)C(=O)NCCC(=O)OC1COC2C(OC(=O)CCNC(=O)C(C)C)COC12. The van der Waals surface area contributed by atoms with Gasteiger partial charge in [-0.15, -0.1) is 0 Å². The van der Waals surface area contributed by atoms with Gasteiger partial charge >= 0.3 is 11.9 Å². The maximum atomic E-state index is 12.0. The van der Waals surface area contributed by atoms with Crippen LogP contribution in [-0.2, 0) is 38.1 Å². The number of rotatable bonds is 10. The predicted octanol–water partition coefficient (Wildman–Crippen LogP) is -0.0678. The van der Waals surface area contributed by atoms with Crippen LogP contribution in [-0.4, -0.2) is 74.5 Å². The standard InChI is InChI=1S/C20H32N2O8/c1-11(2)19(25)21-7-5-15(23)29-13-9-27-18-14(10-28-17(13)18)30-16(24)6-8-22-20(26)12(3)4/h11-14,17-18H,5-10H2,1-4H3,(H,21,25)(H,22,26). The molecular weight excluding hydrogens is 396 g/mol. The van der Waals surface area contributed by atoms with E-state index in [0.29, 0.717) is 0 Å². The summed E-state index contributed by atoms with van der Waals surface area (Å²) in [7, 11) is 0. The first kappa shape index (κ1) is 24.1. The van der Waals surface area contributed by atoms with Crippen LogP contribution in [0.2, 0.25) is 0 Å². The van der Waals surface area contributed by atoms with Crippen LogP contribution >= 0.6 is 0 Å². The molecule has 170 valence electrons. The summed E-state index contributed by atoms with van der Waals surface area (Å²) in [6.07, 6.45) is -2.08. The van der Waals surface area contributed by atoms with Crippen LogP contribution in [0.25, 0.3) is 0 Å². The highest BCUT2D eigenvalue weighted by molar-refractivity contribution is 5.79. The molecule has 2 N–H and O–H groups in total. The number of amides is 2. The average molecular weight is 428 g/mol. The molecule has 2 heterocycles. The molecule has 0 aromatic rings. The van der Waals surface area contributed by atoms with Gasteiger partial charge in [0.2, 0.25) is 11.8 Å². The predicted molar refractivity (Wildman–Crippen MR) is 104 cm³/mol. The minimum absolute atomic E-state index is 0.0485. The highest BCUT2D eigenvalue weighted by Gasteiger charge is 2.51. The van der Waals surface area contributed by atoms with E-state index in [9.17, 15) is 19.2 Å². The largest absolute Gasteiger partial charge is 0.457 e. The lowest BCUT2D eigenvalue weighted by molar-refractivity contribution is -0.155. The van der Waals surface area contributed by atoms with Gasteiger partial charge in [-0.2, -0.15) is 0 Å². The van der Waals surface area contributed by atoms with Crippen LogP contribution in [0.1, 0.15) is 40.5 Å². The highest BCUT2D eigenvalue weighted by atomic mass is 16.7. The van der Waals surface area contributed by atoms with Crippen LogP contribution in [0, 0.1) is 11.8 Å². The maximum Gasteiger partial charge on any atom is 0.308 e. The van der Waals surface area contributed by atoms with E-state index in [1.807, 2.05) is 0 Å². The summed E-state index contributed by atoms with van der Waals surface area (Å²) in [5, 5.41) is 5.31. The summed E-state index contributed by atoms with van der Waals surface area (Å²) in [6.45, 7) is 7.78. The number of nitrogens with one attached hydrogen (secondary N) is 2. The van der Waals surface area contributed by atoms with Crippen molar-refractivity contribution in [2.75, 3.05) is 26.3 Å². The van der Waals surface area contributed by atoms with Crippen molar-refractivity contribution in [3.05, 3.63) is 0 Å². The highest BCUT2D eigenvalue weighted by Crippen LogP contribution is 2.30. The van der Waals surface area contributed by atoms with E-state index < -0.39 is 36.4 Å². The number of carbonyl (C=O) groups is 4. The molecule has 10 nitrogen and oxygen atoms in total. The van der Waals surface area contributed by atoms with Gasteiger partial charge in [-0.1, -0.05) is 27.7 Å². The molecule has 2 rings (SSSR count). The molecule has 2 saturated heterocycles. The molecule has 2 aliphatic rings. The smallest absolute Gasteiger partial charge is 0.308 e. The summed E-state index contributed by atoms with van der Waals surface area (Å²) >= 11 is 0. The Morgan fingerprint density at radius 3 is 1.47 bits per heavy atom. The Labute approximate surface area is 176 Å². The van der Waals surface area contributed by atoms with Gasteiger partial charge in [-0.3, -0.25) is 19.2 Å². The van der Waals surface area contributed by atoms with Crippen LogP contribution < -0.4 is 10.6 Å². The molecule has 4 atom stereocenters. The second-order valence-corrected chi connectivity index (χ2v) is 8.04. The Morgan fingerprint density at radius 2 is 1.13 bits per heavy atom. The third-order valence-electron chi connectivity index (χ3n) is 4.83. The van der Waals surface area contributed by atoms with Gasteiger partial charge in [0.1, 0.15) is 12.2 Å². The summed E-state index contributed by atoms with van der Waals surface area (Å²) in [4.78, 5) is 47.0. The number of hydrogen-bond acceptors (Lipinski definition) is 8. The van der Waals surface area contributed by atoms with E-state index in [4.69, 9.17) is 18.9 Å². The van der Waals surface area contributed by atoms with Gasteiger partial charge in [-0.05, 0) is 0 Å². The van der Waals surface area contributed by atoms with Crippen LogP contribution in [0.4, 0.5) is 0 Å². The van der Waals surface area contributed by atoms with Gasteiger partial charge in [-0.25, -0.2) is 0 Å². The lowest BCUT2D eigenvalue weighted by Gasteiger charge is -2.17. The van der Waals surface area contributed by atoms with Crippen molar-refractivity contribution in [1.82, 2.24) is 10.6 Å². The number of esters is 2. The topological polar surface area (TPSA) is 129 Å². The fraction of sp³-hybridized carbons (Fsp3) is 0.800. The molecular formula is C20H32N2O8. The van der Waals surface area contributed by atoms with Crippen molar-refractivity contribution >= 4 is 23.8 Å². The zero-order valence-electron chi connectivity index (χ0n) is 18.0. The van der Waals surface area contributed by atoms with E-state index >= 15 is 0 Å². The first-order valence-electron chi connectivity index (χ1n) is 10.4. The zero-order chi connectivity index (χ0) is 22.3. The van der Waals surface area contributed by atoms with Crippen molar-refractivity contribution in [2.24, 2.45) is 11.8 Å². The molecule has 0 bridgehead atoms. The summed E-state index contributed by atoms with van der Waals surface area (Å²) in [5.74, 6) is -1.47. The fourth-order valence-corrected chi connectivity index (χ4v) is 3.07.